The maximum atomic E-state index is 12.5. The summed E-state index contributed by atoms with van der Waals surface area (Å²) in [6.07, 6.45) is 0. The Labute approximate surface area is 126 Å². The molecular weight excluding hydrogens is 340 g/mol. The zero-order valence-corrected chi connectivity index (χ0v) is 12.0. The summed E-state index contributed by atoms with van der Waals surface area (Å²) in [4.78, 5) is 35.5. The van der Waals surface area contributed by atoms with Crippen LogP contribution in [0.4, 0.5) is 11.4 Å². The molecule has 6 nitrogen and oxygen atoms in total. The van der Waals surface area contributed by atoms with Gasteiger partial charge >= 0.3 is 0 Å². The number of benzene rings is 2. The third kappa shape index (κ3) is 1.78. The second-order valence-electron chi connectivity index (χ2n) is 4.50. The lowest BCUT2D eigenvalue weighted by atomic mass is 9.82. The van der Waals surface area contributed by atoms with Gasteiger partial charge in [-0.25, -0.2) is 0 Å². The Kier molecular flexibility index (Phi) is 2.87. The number of nitro groups is 1. The number of nitrogen functional groups attached to an aromatic ring is 1. The number of nitrogens with two attached hydrogens (primary N) is 1. The van der Waals surface area contributed by atoms with Crippen LogP contribution in [-0.4, -0.2) is 16.5 Å². The highest BCUT2D eigenvalue weighted by molar-refractivity contribution is 9.10. The predicted molar refractivity (Wildman–Crippen MR) is 78.5 cm³/mol. The van der Waals surface area contributed by atoms with Crippen molar-refractivity contribution in [2.24, 2.45) is 0 Å². The van der Waals surface area contributed by atoms with E-state index in [9.17, 15) is 19.7 Å². The van der Waals surface area contributed by atoms with Gasteiger partial charge in [0.1, 0.15) is 5.56 Å². The Balaban J connectivity index is 2.45. The first-order valence-electron chi connectivity index (χ1n) is 5.88. The number of halogens is 1. The quantitative estimate of drug-likeness (QED) is 0.414. The van der Waals surface area contributed by atoms with Crippen LogP contribution in [0.25, 0.3) is 0 Å². The molecule has 0 saturated heterocycles. The van der Waals surface area contributed by atoms with Gasteiger partial charge in [0.2, 0.25) is 5.78 Å². The summed E-state index contributed by atoms with van der Waals surface area (Å²) in [5, 5.41) is 11.2. The minimum atomic E-state index is -0.692. The molecule has 2 aromatic carbocycles. The molecule has 0 fully saturated rings. The molecule has 0 atom stereocenters. The fourth-order valence-corrected chi connectivity index (χ4v) is 2.83. The molecule has 0 spiro atoms. The molecule has 0 unspecified atom stereocenters. The molecule has 0 bridgehead atoms. The lowest BCUT2D eigenvalue weighted by Gasteiger charge is -2.19. The van der Waals surface area contributed by atoms with E-state index in [2.05, 4.69) is 15.9 Å². The van der Waals surface area contributed by atoms with E-state index >= 15 is 0 Å². The molecule has 21 heavy (non-hydrogen) atoms. The Bertz CT molecular complexity index is 845. The average molecular weight is 347 g/mol. The van der Waals surface area contributed by atoms with Crippen LogP contribution in [0.3, 0.4) is 0 Å². The lowest BCUT2D eigenvalue weighted by Crippen LogP contribution is -2.23. The number of rotatable bonds is 1. The highest BCUT2D eigenvalue weighted by atomic mass is 79.9. The van der Waals surface area contributed by atoms with E-state index in [0.29, 0.717) is 0 Å². The first-order chi connectivity index (χ1) is 9.93. The minimum absolute atomic E-state index is 0.0310. The fraction of sp³-hybridized carbons (Fsp3) is 0. The zero-order valence-electron chi connectivity index (χ0n) is 10.4. The van der Waals surface area contributed by atoms with E-state index in [1.807, 2.05) is 0 Å². The van der Waals surface area contributed by atoms with Gasteiger partial charge in [-0.05, 0) is 15.9 Å². The van der Waals surface area contributed by atoms with E-state index in [4.69, 9.17) is 5.73 Å². The lowest BCUT2D eigenvalue weighted by molar-refractivity contribution is -0.385. The topological polar surface area (TPSA) is 103 Å². The number of nitrogens with zero attached hydrogens (tertiary/aromatic N) is 1. The third-order valence-corrected chi connectivity index (χ3v) is 4.02. The van der Waals surface area contributed by atoms with Crippen molar-refractivity contribution in [1.82, 2.24) is 0 Å². The van der Waals surface area contributed by atoms with Crippen LogP contribution in [0.1, 0.15) is 31.8 Å². The van der Waals surface area contributed by atoms with Crippen molar-refractivity contribution in [2.45, 2.75) is 0 Å². The molecule has 2 N–H and O–H groups in total. The molecule has 0 saturated carbocycles. The molecule has 0 amide bonds. The summed E-state index contributed by atoms with van der Waals surface area (Å²) in [5.41, 5.74) is 5.44. The number of fused-ring (bicyclic) bond motifs is 2. The van der Waals surface area contributed by atoms with Crippen LogP contribution in [0.5, 0.6) is 0 Å². The van der Waals surface area contributed by atoms with Crippen molar-refractivity contribution in [1.29, 1.82) is 0 Å². The smallest absolute Gasteiger partial charge is 0.282 e. The van der Waals surface area contributed by atoms with Crippen molar-refractivity contribution >= 4 is 38.9 Å². The van der Waals surface area contributed by atoms with E-state index in [1.165, 1.54) is 12.1 Å². The van der Waals surface area contributed by atoms with Gasteiger partial charge in [0.05, 0.1) is 16.2 Å². The number of carbonyl (C=O) groups is 2. The van der Waals surface area contributed by atoms with Gasteiger partial charge in [-0.2, -0.15) is 0 Å². The number of carbonyl (C=O) groups excluding carboxylic acids is 2. The summed E-state index contributed by atoms with van der Waals surface area (Å²) in [7, 11) is 0. The summed E-state index contributed by atoms with van der Waals surface area (Å²) < 4.78 is 0.216. The average Bonchev–Trinajstić information content (AvgIpc) is 2.47. The van der Waals surface area contributed by atoms with Crippen molar-refractivity contribution < 1.29 is 14.5 Å². The van der Waals surface area contributed by atoms with E-state index < -0.39 is 22.2 Å². The van der Waals surface area contributed by atoms with Crippen LogP contribution in [0, 0.1) is 10.1 Å². The van der Waals surface area contributed by atoms with Gasteiger partial charge in [0.15, 0.2) is 5.78 Å². The molecule has 7 heteroatoms. The van der Waals surface area contributed by atoms with Crippen LogP contribution >= 0.6 is 15.9 Å². The van der Waals surface area contributed by atoms with Crippen LogP contribution < -0.4 is 5.73 Å². The van der Waals surface area contributed by atoms with E-state index in [1.54, 1.807) is 12.1 Å². The number of hydrogen-bond acceptors (Lipinski definition) is 5. The summed E-state index contributed by atoms with van der Waals surface area (Å²) >= 11 is 3.09. The second kappa shape index (κ2) is 4.49. The molecule has 0 aliphatic heterocycles. The highest BCUT2D eigenvalue weighted by Gasteiger charge is 2.37. The molecular formula is C14H7BrN2O4. The van der Waals surface area contributed by atoms with Crippen molar-refractivity contribution in [3.8, 4) is 0 Å². The molecule has 0 heterocycles. The molecule has 3 rings (SSSR count). The molecule has 104 valence electrons. The maximum Gasteiger partial charge on any atom is 0.282 e. The monoisotopic (exact) mass is 346 g/mol. The third-order valence-electron chi connectivity index (χ3n) is 3.36. The van der Waals surface area contributed by atoms with Gasteiger partial charge in [0, 0.05) is 21.7 Å². The Hall–Kier alpha value is -2.54. The normalized spacial score (nSPS) is 12.8. The first-order valence-corrected chi connectivity index (χ1v) is 6.67. The molecule has 0 aromatic heterocycles. The minimum Gasteiger partial charge on any atom is -0.397 e. The number of ketones is 2. The number of hydrogen-bond donors (Lipinski definition) is 1. The van der Waals surface area contributed by atoms with Crippen molar-refractivity contribution in [3.05, 3.63) is 67.2 Å². The van der Waals surface area contributed by atoms with Crippen LogP contribution in [-0.2, 0) is 0 Å². The van der Waals surface area contributed by atoms with Crippen molar-refractivity contribution in [3.63, 3.8) is 0 Å². The van der Waals surface area contributed by atoms with Crippen LogP contribution in [0.2, 0.25) is 0 Å². The SMILES string of the molecule is Nc1c(Br)cc([N+](=O)[O-])c2c1C(=O)c1ccccc1C2=O. The Morgan fingerprint density at radius 3 is 2.10 bits per heavy atom. The van der Waals surface area contributed by atoms with Gasteiger partial charge < -0.3 is 5.73 Å². The van der Waals surface area contributed by atoms with Gasteiger partial charge in [-0.1, -0.05) is 24.3 Å². The fourth-order valence-electron chi connectivity index (χ4n) is 2.41. The number of anilines is 1. The molecule has 0 radical (unpaired) electrons. The first kappa shape index (κ1) is 13.4. The second-order valence-corrected chi connectivity index (χ2v) is 5.36. The summed E-state index contributed by atoms with van der Waals surface area (Å²) in [6, 6.07) is 7.35. The van der Waals surface area contributed by atoms with E-state index in [-0.39, 0.29) is 32.4 Å². The van der Waals surface area contributed by atoms with Gasteiger partial charge in [0.25, 0.3) is 5.69 Å². The molecule has 1 aliphatic carbocycles. The summed E-state index contributed by atoms with van der Waals surface area (Å²) in [5.74, 6) is -1.05. The Morgan fingerprint density at radius 2 is 1.57 bits per heavy atom. The largest absolute Gasteiger partial charge is 0.397 e. The highest BCUT2D eigenvalue weighted by Crippen LogP contribution is 2.40. The predicted octanol–water partition coefficient (Wildman–Crippen LogP) is 2.71. The number of nitro benzene ring substituents is 1. The van der Waals surface area contributed by atoms with Crippen molar-refractivity contribution in [2.75, 3.05) is 5.73 Å². The maximum absolute atomic E-state index is 12.5. The van der Waals surface area contributed by atoms with Gasteiger partial charge in [-0.15, -0.1) is 0 Å². The zero-order chi connectivity index (χ0) is 15.3. The molecule has 1 aliphatic rings. The van der Waals surface area contributed by atoms with Gasteiger partial charge in [-0.3, -0.25) is 19.7 Å². The standard InChI is InChI=1S/C14H7BrN2O4/c15-8-5-9(17(20)21)10-11(12(8)16)14(19)7-4-2-1-3-6(7)13(10)18/h1-5H,16H2. The molecule has 2 aromatic rings. The Morgan fingerprint density at radius 1 is 1.05 bits per heavy atom. The van der Waals surface area contributed by atoms with Crippen LogP contribution in [0.15, 0.2) is 34.8 Å². The summed E-state index contributed by atoms with van der Waals surface area (Å²) in [6.45, 7) is 0. The van der Waals surface area contributed by atoms with E-state index in [0.717, 1.165) is 6.07 Å².